The van der Waals surface area contributed by atoms with Gasteiger partial charge in [0.1, 0.15) is 0 Å². The largest absolute Gasteiger partial charge is 0.418 e. The third-order valence-electron chi connectivity index (χ3n) is 1.89. The fourth-order valence-corrected chi connectivity index (χ4v) is 1.15. The summed E-state index contributed by atoms with van der Waals surface area (Å²) in [5, 5.41) is 12.7. The Hall–Kier alpha value is -1.63. The minimum absolute atomic E-state index is 0.335. The first-order chi connectivity index (χ1) is 6.98. The van der Waals surface area contributed by atoms with Gasteiger partial charge in [0.05, 0.1) is 6.20 Å². The van der Waals surface area contributed by atoms with Crippen molar-refractivity contribution < 1.29 is 18.3 Å². The molecule has 15 heavy (non-hydrogen) atoms. The number of aliphatic hydroxyl groups is 1. The van der Waals surface area contributed by atoms with Crippen LogP contribution in [-0.4, -0.2) is 25.9 Å². The van der Waals surface area contributed by atoms with Crippen LogP contribution in [0.5, 0.6) is 0 Å². The van der Waals surface area contributed by atoms with E-state index in [0.717, 1.165) is 12.4 Å². The molecule has 0 unspecified atom stereocenters. The molecule has 0 aliphatic carbocycles. The third kappa shape index (κ3) is 1.78. The highest BCUT2D eigenvalue weighted by Crippen LogP contribution is 2.31. The third-order valence-corrected chi connectivity index (χ3v) is 1.89. The zero-order valence-corrected chi connectivity index (χ0v) is 7.31. The zero-order chi connectivity index (χ0) is 11.1. The summed E-state index contributed by atoms with van der Waals surface area (Å²) in [7, 11) is 0. The summed E-state index contributed by atoms with van der Waals surface area (Å²) in [6, 6.07) is 1.55. The molecular weight excluding hydrogens is 211 g/mol. The van der Waals surface area contributed by atoms with Crippen molar-refractivity contribution in [1.29, 1.82) is 0 Å². The first kappa shape index (κ1) is 9.91. The van der Waals surface area contributed by atoms with Gasteiger partial charge < -0.3 is 5.11 Å². The summed E-state index contributed by atoms with van der Waals surface area (Å²) >= 11 is 0. The molecule has 1 atom stereocenters. The molecule has 80 valence electrons. The fourth-order valence-electron chi connectivity index (χ4n) is 1.15. The molecular formula is C8H6F3N3O. The predicted octanol–water partition coefficient (Wildman–Crippen LogP) is 1.32. The van der Waals surface area contributed by atoms with Gasteiger partial charge in [-0.1, -0.05) is 0 Å². The molecule has 2 aromatic rings. The van der Waals surface area contributed by atoms with Gasteiger partial charge in [0.25, 0.3) is 0 Å². The number of aliphatic hydroxyl groups excluding tert-OH is 1. The van der Waals surface area contributed by atoms with Crippen LogP contribution in [0, 0.1) is 0 Å². The lowest BCUT2D eigenvalue weighted by Gasteiger charge is -2.13. The Morgan fingerprint density at radius 2 is 2.13 bits per heavy atom. The smallest absolute Gasteiger partial charge is 0.379 e. The van der Waals surface area contributed by atoms with E-state index in [4.69, 9.17) is 5.11 Å². The van der Waals surface area contributed by atoms with Crippen LogP contribution in [0.1, 0.15) is 11.7 Å². The molecule has 0 radical (unpaired) electrons. The quantitative estimate of drug-likeness (QED) is 0.783. The maximum atomic E-state index is 12.2. The molecule has 0 saturated heterocycles. The Morgan fingerprint density at radius 1 is 1.40 bits per heavy atom. The van der Waals surface area contributed by atoms with Crippen LogP contribution in [0.2, 0.25) is 0 Å². The summed E-state index contributed by atoms with van der Waals surface area (Å²) < 4.78 is 37.6. The Balaban J connectivity index is 2.44. The molecule has 0 saturated carbocycles. The van der Waals surface area contributed by atoms with E-state index in [9.17, 15) is 13.2 Å². The van der Waals surface area contributed by atoms with Gasteiger partial charge in [-0.15, -0.1) is 0 Å². The molecule has 0 amide bonds. The lowest BCUT2D eigenvalue weighted by atomic mass is 10.2. The second kappa shape index (κ2) is 3.20. The fraction of sp³-hybridized carbons (Fsp3) is 0.250. The lowest BCUT2D eigenvalue weighted by molar-refractivity contribution is -0.207. The molecule has 4 nitrogen and oxygen atoms in total. The molecule has 0 bridgehead atoms. The van der Waals surface area contributed by atoms with Crippen LogP contribution in [0.15, 0.2) is 24.7 Å². The first-order valence-electron chi connectivity index (χ1n) is 4.02. The Labute approximate surface area is 82.0 Å². The number of rotatable bonds is 1. The average Bonchev–Trinajstić information content (AvgIpc) is 2.61. The summed E-state index contributed by atoms with van der Waals surface area (Å²) in [5.41, 5.74) is 0.0897. The van der Waals surface area contributed by atoms with E-state index in [1.54, 1.807) is 6.07 Å². The van der Waals surface area contributed by atoms with Crippen molar-refractivity contribution >= 4 is 5.65 Å². The minimum Gasteiger partial charge on any atom is -0.379 e. The van der Waals surface area contributed by atoms with E-state index in [-0.39, 0.29) is 5.56 Å². The van der Waals surface area contributed by atoms with E-state index >= 15 is 0 Å². The monoisotopic (exact) mass is 217 g/mol. The van der Waals surface area contributed by atoms with Gasteiger partial charge in [-0.05, 0) is 0 Å². The highest BCUT2D eigenvalue weighted by Gasteiger charge is 2.39. The number of alkyl halides is 3. The number of fused-ring (bicyclic) bond motifs is 1. The number of nitrogens with zero attached hydrogens (tertiary/aromatic N) is 3. The second-order valence-corrected chi connectivity index (χ2v) is 2.97. The maximum Gasteiger partial charge on any atom is 0.418 e. The SMILES string of the molecule is O[C@H](c1cnc2ccnn2c1)C(F)(F)F. The van der Waals surface area contributed by atoms with Crippen LogP contribution in [-0.2, 0) is 0 Å². The van der Waals surface area contributed by atoms with Gasteiger partial charge >= 0.3 is 6.18 Å². The van der Waals surface area contributed by atoms with Gasteiger partial charge in [-0.3, -0.25) is 0 Å². The van der Waals surface area contributed by atoms with Crippen molar-refractivity contribution in [3.63, 3.8) is 0 Å². The van der Waals surface area contributed by atoms with Crippen LogP contribution >= 0.6 is 0 Å². The number of aromatic nitrogens is 3. The van der Waals surface area contributed by atoms with E-state index in [1.165, 1.54) is 10.7 Å². The molecule has 0 spiro atoms. The summed E-state index contributed by atoms with van der Waals surface area (Å²) in [4.78, 5) is 3.72. The number of halogens is 3. The molecule has 7 heteroatoms. The van der Waals surface area contributed by atoms with Crippen molar-refractivity contribution in [2.45, 2.75) is 12.3 Å². The molecule has 0 aromatic carbocycles. The number of hydrogen-bond acceptors (Lipinski definition) is 3. The van der Waals surface area contributed by atoms with Crippen LogP contribution in [0.25, 0.3) is 5.65 Å². The first-order valence-corrected chi connectivity index (χ1v) is 4.02. The summed E-state index contributed by atoms with van der Waals surface area (Å²) in [5.74, 6) is 0. The molecule has 2 aromatic heterocycles. The number of hydrogen-bond donors (Lipinski definition) is 1. The van der Waals surface area contributed by atoms with Gasteiger partial charge in [-0.25, -0.2) is 9.50 Å². The van der Waals surface area contributed by atoms with E-state index in [2.05, 4.69) is 10.1 Å². The van der Waals surface area contributed by atoms with Crippen molar-refractivity contribution in [2.24, 2.45) is 0 Å². The molecule has 0 aliphatic rings. The summed E-state index contributed by atoms with van der Waals surface area (Å²) in [6.45, 7) is 0. The van der Waals surface area contributed by atoms with Crippen LogP contribution < -0.4 is 0 Å². The van der Waals surface area contributed by atoms with E-state index in [0.29, 0.717) is 5.65 Å². The Kier molecular flexibility index (Phi) is 2.11. The van der Waals surface area contributed by atoms with Crippen molar-refractivity contribution in [3.8, 4) is 0 Å². The highest BCUT2D eigenvalue weighted by molar-refractivity contribution is 5.36. The standard InChI is InChI=1S/C8H6F3N3O/c9-8(10,11)7(15)5-3-12-6-1-2-13-14(6)4-5/h1-4,7,15H/t7-/m1/s1. The van der Waals surface area contributed by atoms with Crippen molar-refractivity contribution in [2.75, 3.05) is 0 Å². The van der Waals surface area contributed by atoms with Gasteiger partial charge in [-0.2, -0.15) is 18.3 Å². The molecule has 2 heterocycles. The molecule has 2 rings (SSSR count). The highest BCUT2D eigenvalue weighted by atomic mass is 19.4. The van der Waals surface area contributed by atoms with Crippen LogP contribution in [0.4, 0.5) is 13.2 Å². The maximum absolute atomic E-state index is 12.2. The zero-order valence-electron chi connectivity index (χ0n) is 7.31. The molecule has 0 fully saturated rings. The van der Waals surface area contributed by atoms with Crippen molar-refractivity contribution in [3.05, 3.63) is 30.2 Å². The lowest BCUT2D eigenvalue weighted by Crippen LogP contribution is -2.20. The Bertz CT molecular complexity index is 479. The average molecular weight is 217 g/mol. The normalized spacial score (nSPS) is 14.4. The molecule has 1 N–H and O–H groups in total. The summed E-state index contributed by atoms with van der Waals surface area (Å²) in [6.07, 6.45) is -3.73. The second-order valence-electron chi connectivity index (χ2n) is 2.97. The Morgan fingerprint density at radius 3 is 2.80 bits per heavy atom. The minimum atomic E-state index is -4.69. The topological polar surface area (TPSA) is 50.4 Å². The van der Waals surface area contributed by atoms with Gasteiger partial charge in [0.15, 0.2) is 11.8 Å². The molecule has 0 aliphatic heterocycles. The van der Waals surface area contributed by atoms with E-state index < -0.39 is 12.3 Å². The van der Waals surface area contributed by atoms with E-state index in [1.807, 2.05) is 0 Å². The predicted molar refractivity (Wildman–Crippen MR) is 44.0 cm³/mol. The van der Waals surface area contributed by atoms with Crippen molar-refractivity contribution in [1.82, 2.24) is 14.6 Å². The van der Waals surface area contributed by atoms with Gasteiger partial charge in [0, 0.05) is 24.0 Å². The van der Waals surface area contributed by atoms with Crippen LogP contribution in [0.3, 0.4) is 0 Å². The van der Waals surface area contributed by atoms with Gasteiger partial charge in [0.2, 0.25) is 0 Å².